The van der Waals surface area contributed by atoms with Gasteiger partial charge in [-0.1, -0.05) is 0 Å². The first-order chi connectivity index (χ1) is 3.95. The summed E-state index contributed by atoms with van der Waals surface area (Å²) < 4.78 is 4.60. The molecule has 0 bridgehead atoms. The summed E-state index contributed by atoms with van der Waals surface area (Å²) in [6, 6.07) is 0. The van der Waals surface area contributed by atoms with E-state index >= 15 is 0 Å². The first-order valence-corrected chi connectivity index (χ1v) is 2.55. The highest BCUT2D eigenvalue weighted by atomic mass is 16.8. The van der Waals surface area contributed by atoms with Crippen LogP contribution < -0.4 is 5.90 Å². The fraction of sp³-hybridized carbons (Fsp3) is 0.800. The lowest BCUT2D eigenvalue weighted by atomic mass is 10.2. The van der Waals surface area contributed by atoms with Crippen LogP contribution in [-0.2, 0) is 9.57 Å². The molecule has 0 spiro atoms. The van der Waals surface area contributed by atoms with Crippen LogP contribution in [0, 0.1) is 0 Å². The Morgan fingerprint density at radius 1 is 1.44 bits per heavy atom. The molecule has 9 heavy (non-hydrogen) atoms. The molecule has 0 unspecified atom stereocenters. The molecule has 0 aromatic carbocycles. The molecule has 54 valence electrons. The van der Waals surface area contributed by atoms with Crippen molar-refractivity contribution >= 4 is 6.16 Å². The minimum absolute atomic E-state index is 0.531. The smallest absolute Gasteiger partial charge is 0.427 e. The van der Waals surface area contributed by atoms with Gasteiger partial charge in [0, 0.05) is 0 Å². The Labute approximate surface area is 53.9 Å². The SMILES string of the molecule is CC(C)(C)OC(=O)ON. The van der Waals surface area contributed by atoms with Gasteiger partial charge in [0.2, 0.25) is 0 Å². The number of nitrogens with two attached hydrogens (primary N) is 1. The van der Waals surface area contributed by atoms with Crippen molar-refractivity contribution in [3.63, 3.8) is 0 Å². The van der Waals surface area contributed by atoms with Gasteiger partial charge < -0.3 is 9.57 Å². The van der Waals surface area contributed by atoms with Gasteiger partial charge in [-0.2, -0.15) is 5.90 Å². The van der Waals surface area contributed by atoms with Crippen molar-refractivity contribution in [2.45, 2.75) is 26.4 Å². The summed E-state index contributed by atoms with van der Waals surface area (Å²) in [7, 11) is 0. The van der Waals surface area contributed by atoms with Crippen LogP contribution >= 0.6 is 0 Å². The van der Waals surface area contributed by atoms with Crippen molar-refractivity contribution in [3.05, 3.63) is 0 Å². The van der Waals surface area contributed by atoms with Crippen LogP contribution in [-0.4, -0.2) is 11.8 Å². The monoisotopic (exact) mass is 133 g/mol. The lowest BCUT2D eigenvalue weighted by molar-refractivity contribution is -0.00768. The van der Waals surface area contributed by atoms with E-state index in [1.54, 1.807) is 20.8 Å². The molecule has 4 heteroatoms. The van der Waals surface area contributed by atoms with E-state index in [0.717, 1.165) is 0 Å². The third-order valence-electron chi connectivity index (χ3n) is 0.486. The Balaban J connectivity index is 3.60. The molecule has 0 rings (SSSR count). The molecule has 0 fully saturated rings. The minimum Gasteiger partial charge on any atom is -0.427 e. The van der Waals surface area contributed by atoms with E-state index in [1.165, 1.54) is 0 Å². The third kappa shape index (κ3) is 5.10. The standard InChI is InChI=1S/C5H11NO3/c1-5(2,3)8-4(7)9-6/h6H2,1-3H3. The zero-order chi connectivity index (χ0) is 7.49. The Bertz CT molecular complexity index is 105. The van der Waals surface area contributed by atoms with Gasteiger partial charge in [0.25, 0.3) is 0 Å². The van der Waals surface area contributed by atoms with E-state index in [-0.39, 0.29) is 0 Å². The fourth-order valence-corrected chi connectivity index (χ4v) is 0.274. The van der Waals surface area contributed by atoms with Crippen molar-refractivity contribution in [1.82, 2.24) is 0 Å². The van der Waals surface area contributed by atoms with Crippen LogP contribution in [0.5, 0.6) is 0 Å². The lowest BCUT2D eigenvalue weighted by Crippen LogP contribution is -2.25. The Morgan fingerprint density at radius 2 is 1.89 bits per heavy atom. The molecule has 0 saturated carbocycles. The van der Waals surface area contributed by atoms with Gasteiger partial charge in [0.15, 0.2) is 0 Å². The van der Waals surface area contributed by atoms with Gasteiger partial charge in [-0.05, 0) is 20.8 Å². The number of carbonyl (C=O) groups is 1. The van der Waals surface area contributed by atoms with Crippen molar-refractivity contribution in [1.29, 1.82) is 0 Å². The minimum atomic E-state index is -0.859. The maximum Gasteiger partial charge on any atom is 0.528 e. The predicted molar refractivity (Wildman–Crippen MR) is 31.5 cm³/mol. The van der Waals surface area contributed by atoms with E-state index in [9.17, 15) is 4.79 Å². The second-order valence-corrected chi connectivity index (χ2v) is 2.58. The van der Waals surface area contributed by atoms with E-state index in [1.807, 2.05) is 0 Å². The zero-order valence-corrected chi connectivity index (χ0v) is 5.80. The Hall–Kier alpha value is -0.770. The molecule has 0 aromatic rings. The quantitative estimate of drug-likeness (QED) is 0.392. The third-order valence-corrected chi connectivity index (χ3v) is 0.486. The maximum absolute atomic E-state index is 10.3. The molecular formula is C5H11NO3. The summed E-state index contributed by atoms with van der Waals surface area (Å²) in [5.74, 6) is 4.50. The molecule has 0 heterocycles. The number of rotatable bonds is 0. The molecular weight excluding hydrogens is 122 g/mol. The van der Waals surface area contributed by atoms with Crippen molar-refractivity contribution in [2.24, 2.45) is 5.90 Å². The molecule has 0 radical (unpaired) electrons. The van der Waals surface area contributed by atoms with Crippen molar-refractivity contribution in [3.8, 4) is 0 Å². The summed E-state index contributed by atoms with van der Waals surface area (Å²) in [5, 5.41) is 0. The number of carbonyl (C=O) groups excluding carboxylic acids is 1. The highest BCUT2D eigenvalue weighted by Crippen LogP contribution is 2.06. The Morgan fingerprint density at radius 3 is 2.00 bits per heavy atom. The zero-order valence-electron chi connectivity index (χ0n) is 5.80. The highest BCUT2D eigenvalue weighted by Gasteiger charge is 2.16. The van der Waals surface area contributed by atoms with E-state index < -0.39 is 11.8 Å². The number of ether oxygens (including phenoxy) is 1. The molecule has 0 aliphatic carbocycles. The fourth-order valence-electron chi connectivity index (χ4n) is 0.274. The second-order valence-electron chi connectivity index (χ2n) is 2.58. The molecule has 0 atom stereocenters. The summed E-state index contributed by atoms with van der Waals surface area (Å²) in [5.41, 5.74) is -0.531. The van der Waals surface area contributed by atoms with Crippen LogP contribution in [0.3, 0.4) is 0 Å². The summed E-state index contributed by atoms with van der Waals surface area (Å²) in [4.78, 5) is 14.0. The van der Waals surface area contributed by atoms with E-state index in [0.29, 0.717) is 0 Å². The normalized spacial score (nSPS) is 10.7. The number of hydrogen-bond acceptors (Lipinski definition) is 4. The summed E-state index contributed by atoms with van der Waals surface area (Å²) in [6.45, 7) is 5.18. The van der Waals surface area contributed by atoms with Gasteiger partial charge in [-0.15, -0.1) is 0 Å². The lowest BCUT2D eigenvalue weighted by Gasteiger charge is -2.16. The molecule has 2 N–H and O–H groups in total. The topological polar surface area (TPSA) is 61.5 Å². The summed E-state index contributed by atoms with van der Waals surface area (Å²) in [6.07, 6.45) is -0.859. The average Bonchev–Trinajstić information content (AvgIpc) is 1.62. The largest absolute Gasteiger partial charge is 0.528 e. The Kier molecular flexibility index (Phi) is 2.45. The van der Waals surface area contributed by atoms with Crippen molar-refractivity contribution in [2.75, 3.05) is 0 Å². The second kappa shape index (κ2) is 2.68. The molecule has 4 nitrogen and oxygen atoms in total. The summed E-state index contributed by atoms with van der Waals surface area (Å²) >= 11 is 0. The van der Waals surface area contributed by atoms with Crippen LogP contribution in [0.1, 0.15) is 20.8 Å². The van der Waals surface area contributed by atoms with Crippen LogP contribution in [0.2, 0.25) is 0 Å². The van der Waals surface area contributed by atoms with E-state index in [2.05, 4.69) is 15.5 Å². The first kappa shape index (κ1) is 8.23. The van der Waals surface area contributed by atoms with Crippen LogP contribution in [0.4, 0.5) is 4.79 Å². The average molecular weight is 133 g/mol. The molecule has 0 aliphatic heterocycles. The van der Waals surface area contributed by atoms with Gasteiger partial charge in [-0.3, -0.25) is 0 Å². The maximum atomic E-state index is 10.3. The van der Waals surface area contributed by atoms with E-state index in [4.69, 9.17) is 0 Å². The van der Waals surface area contributed by atoms with Gasteiger partial charge in [-0.25, -0.2) is 4.79 Å². The first-order valence-electron chi connectivity index (χ1n) is 2.55. The van der Waals surface area contributed by atoms with Crippen LogP contribution in [0.25, 0.3) is 0 Å². The molecule has 0 aromatic heterocycles. The van der Waals surface area contributed by atoms with Gasteiger partial charge in [0.05, 0.1) is 0 Å². The number of hydrogen-bond donors (Lipinski definition) is 1. The van der Waals surface area contributed by atoms with Gasteiger partial charge >= 0.3 is 6.16 Å². The van der Waals surface area contributed by atoms with Gasteiger partial charge in [0.1, 0.15) is 5.60 Å². The molecule has 0 amide bonds. The van der Waals surface area contributed by atoms with Crippen LogP contribution in [0.15, 0.2) is 0 Å². The predicted octanol–water partition coefficient (Wildman–Crippen LogP) is 0.812. The van der Waals surface area contributed by atoms with Crippen molar-refractivity contribution < 1.29 is 14.4 Å². The molecule has 0 aliphatic rings. The molecule has 0 saturated heterocycles. The highest BCUT2D eigenvalue weighted by molar-refractivity contribution is 5.59.